The highest BCUT2D eigenvalue weighted by Crippen LogP contribution is 2.27. The molecule has 0 unspecified atom stereocenters. The maximum atomic E-state index is 6.84. The molecule has 0 aliphatic heterocycles. The Morgan fingerprint density at radius 1 is 1.21 bits per heavy atom. The zero-order valence-electron chi connectivity index (χ0n) is 9.55. The maximum Gasteiger partial charge on any atom is 0.224 e. The highest BCUT2D eigenvalue weighted by Gasteiger charge is 2.05. The number of halogens is 1. The van der Waals surface area contributed by atoms with Gasteiger partial charge in [0.2, 0.25) is 11.6 Å². The Morgan fingerprint density at radius 2 is 2.00 bits per heavy atom. The van der Waals surface area contributed by atoms with Crippen LogP contribution in [0.3, 0.4) is 0 Å². The van der Waals surface area contributed by atoms with Gasteiger partial charge in [-0.3, -0.25) is 0 Å². The third-order valence-corrected chi connectivity index (χ3v) is 3.11. The third-order valence-electron chi connectivity index (χ3n) is 2.50. The van der Waals surface area contributed by atoms with Gasteiger partial charge in [-0.2, -0.15) is 0 Å². The molecule has 2 heterocycles. The lowest BCUT2D eigenvalue weighted by Crippen LogP contribution is -1.95. The van der Waals surface area contributed by atoms with E-state index in [9.17, 15) is 0 Å². The van der Waals surface area contributed by atoms with Crippen LogP contribution in [-0.4, -0.2) is 19.9 Å². The average molecular weight is 315 g/mol. The molecule has 3 aromatic rings. The van der Waals surface area contributed by atoms with Gasteiger partial charge in [0.25, 0.3) is 0 Å². The summed E-state index contributed by atoms with van der Waals surface area (Å²) in [6.07, 6.45) is 4.60. The fourth-order valence-corrected chi connectivity index (χ4v) is 2.21. The van der Waals surface area contributed by atoms with Gasteiger partial charge >= 0.3 is 0 Å². The number of rotatable bonds is 2. The molecule has 92 valence electrons. The van der Waals surface area contributed by atoms with Gasteiger partial charge in [-0.05, 0) is 28.1 Å². The summed E-state index contributed by atoms with van der Waals surface area (Å²) >= 11 is 3.46. The number of nitrogens with one attached hydrogen (secondary N) is 2. The smallest absolute Gasteiger partial charge is 0.224 e. The molecule has 0 amide bonds. The number of aromatic nitrogens is 4. The van der Waals surface area contributed by atoms with Crippen LogP contribution >= 0.6 is 15.9 Å². The molecule has 0 fully saturated rings. The minimum Gasteiger partial charge on any atom is -0.344 e. The van der Waals surface area contributed by atoms with Crippen molar-refractivity contribution in [3.05, 3.63) is 46.7 Å². The molecule has 6 nitrogen and oxygen atoms in total. The first-order chi connectivity index (χ1) is 9.26. The Morgan fingerprint density at radius 3 is 2.74 bits per heavy atom. The lowest BCUT2D eigenvalue weighted by atomic mass is 10.3. The van der Waals surface area contributed by atoms with Gasteiger partial charge < -0.3 is 10.3 Å². The summed E-state index contributed by atoms with van der Waals surface area (Å²) in [5.41, 5.74) is 3.03. The molecule has 3 rings (SSSR count). The molecule has 0 saturated heterocycles. The second-order valence-electron chi connectivity index (χ2n) is 3.76. The number of aromatic amines is 1. The topological polar surface area (TPSA) is 70.8 Å². The van der Waals surface area contributed by atoms with Gasteiger partial charge in [-0.25, -0.2) is 19.8 Å². The highest BCUT2D eigenvalue weighted by atomic mass is 79.9. The first kappa shape index (κ1) is 11.6. The molecule has 2 aromatic heterocycles. The van der Waals surface area contributed by atoms with Gasteiger partial charge in [0.15, 0.2) is 0 Å². The molecular formula is C12H7BrN6. The summed E-state index contributed by atoms with van der Waals surface area (Å²) in [6, 6.07) is 3.81. The van der Waals surface area contributed by atoms with Crippen LogP contribution < -0.4 is 5.32 Å². The number of hydrogen-bond acceptors (Lipinski definition) is 4. The molecule has 19 heavy (non-hydrogen) atoms. The van der Waals surface area contributed by atoms with E-state index in [1.165, 1.54) is 12.4 Å². The summed E-state index contributed by atoms with van der Waals surface area (Å²) < 4.78 is 0.881. The number of nitrogens with zero attached hydrogens (tertiary/aromatic N) is 4. The number of anilines is 2. The lowest BCUT2D eigenvalue weighted by Gasteiger charge is -2.05. The van der Waals surface area contributed by atoms with Crippen LogP contribution in [0.1, 0.15) is 0 Å². The molecule has 0 saturated carbocycles. The van der Waals surface area contributed by atoms with Crippen molar-refractivity contribution < 1.29 is 0 Å². The maximum absolute atomic E-state index is 6.84. The molecule has 0 radical (unpaired) electrons. The zero-order valence-corrected chi connectivity index (χ0v) is 11.1. The fraction of sp³-hybridized carbons (Fsp3) is 0. The Balaban J connectivity index is 1.94. The predicted molar refractivity (Wildman–Crippen MR) is 75.4 cm³/mol. The van der Waals surface area contributed by atoms with Crippen molar-refractivity contribution in [1.29, 1.82) is 0 Å². The van der Waals surface area contributed by atoms with Gasteiger partial charge in [-0.1, -0.05) is 0 Å². The SMILES string of the molecule is [C-]#[N+]c1cnc(Nc2cc(Br)c3nc[nH]c3c2)nc1. The molecule has 0 bridgehead atoms. The Kier molecular flexibility index (Phi) is 2.85. The van der Waals surface area contributed by atoms with E-state index in [1.807, 2.05) is 12.1 Å². The summed E-state index contributed by atoms with van der Waals surface area (Å²) in [7, 11) is 0. The van der Waals surface area contributed by atoms with Crippen LogP contribution in [0.5, 0.6) is 0 Å². The molecule has 7 heteroatoms. The van der Waals surface area contributed by atoms with E-state index in [0.29, 0.717) is 11.6 Å². The van der Waals surface area contributed by atoms with Gasteiger partial charge in [0.1, 0.15) is 5.52 Å². The largest absolute Gasteiger partial charge is 0.344 e. The average Bonchev–Trinajstić information content (AvgIpc) is 2.88. The van der Waals surface area contributed by atoms with Gasteiger partial charge in [0.05, 0.1) is 18.4 Å². The second kappa shape index (κ2) is 4.66. The first-order valence-corrected chi connectivity index (χ1v) is 6.15. The first-order valence-electron chi connectivity index (χ1n) is 5.35. The minimum atomic E-state index is 0.413. The van der Waals surface area contributed by atoms with Crippen LogP contribution in [0.15, 0.2) is 35.3 Å². The molecular weight excluding hydrogens is 308 g/mol. The Bertz CT molecular complexity index is 771. The van der Waals surface area contributed by atoms with Crippen molar-refractivity contribution in [2.24, 2.45) is 0 Å². The van der Waals surface area contributed by atoms with E-state index < -0.39 is 0 Å². The van der Waals surface area contributed by atoms with Crippen LogP contribution in [0.2, 0.25) is 0 Å². The van der Waals surface area contributed by atoms with Crippen molar-refractivity contribution >= 4 is 44.3 Å². The van der Waals surface area contributed by atoms with Crippen LogP contribution in [-0.2, 0) is 0 Å². The van der Waals surface area contributed by atoms with E-state index >= 15 is 0 Å². The highest BCUT2D eigenvalue weighted by molar-refractivity contribution is 9.10. The summed E-state index contributed by atoms with van der Waals surface area (Å²) in [5.74, 6) is 0.443. The van der Waals surface area contributed by atoms with Gasteiger partial charge in [0, 0.05) is 22.6 Å². The van der Waals surface area contributed by atoms with Crippen molar-refractivity contribution in [2.75, 3.05) is 5.32 Å². The number of imidazole rings is 1. The van der Waals surface area contributed by atoms with Crippen LogP contribution in [0, 0.1) is 6.57 Å². The quantitative estimate of drug-likeness (QED) is 0.711. The Hall–Kier alpha value is -2.46. The second-order valence-corrected chi connectivity index (χ2v) is 4.61. The monoisotopic (exact) mass is 314 g/mol. The third kappa shape index (κ3) is 2.26. The molecule has 0 aliphatic carbocycles. The molecule has 0 spiro atoms. The van der Waals surface area contributed by atoms with Crippen molar-refractivity contribution in [3.63, 3.8) is 0 Å². The number of H-pyrrole nitrogens is 1. The fourth-order valence-electron chi connectivity index (χ4n) is 1.65. The van der Waals surface area contributed by atoms with Crippen molar-refractivity contribution in [3.8, 4) is 0 Å². The number of benzene rings is 1. The summed E-state index contributed by atoms with van der Waals surface area (Å²) in [4.78, 5) is 18.6. The normalized spacial score (nSPS) is 10.3. The van der Waals surface area contributed by atoms with Crippen LogP contribution in [0.25, 0.3) is 15.9 Å². The number of fused-ring (bicyclic) bond motifs is 1. The van der Waals surface area contributed by atoms with E-state index in [4.69, 9.17) is 6.57 Å². The standard InChI is InChI=1S/C12H7BrN6/c1-14-8-4-15-12(16-5-8)19-7-2-9(13)11-10(3-7)17-6-18-11/h2-6H,(H,17,18)(H,15,16,19). The molecule has 0 aliphatic rings. The zero-order chi connectivity index (χ0) is 13.2. The van der Waals surface area contributed by atoms with E-state index in [-0.39, 0.29) is 0 Å². The van der Waals surface area contributed by atoms with Crippen molar-refractivity contribution in [1.82, 2.24) is 19.9 Å². The van der Waals surface area contributed by atoms with E-state index in [2.05, 4.69) is 46.0 Å². The summed E-state index contributed by atoms with van der Waals surface area (Å²) in [5, 5.41) is 3.08. The minimum absolute atomic E-state index is 0.413. The van der Waals surface area contributed by atoms with E-state index in [1.54, 1.807) is 6.33 Å². The summed E-state index contributed by atoms with van der Waals surface area (Å²) in [6.45, 7) is 6.84. The van der Waals surface area contributed by atoms with Crippen LogP contribution in [0.4, 0.5) is 17.3 Å². The Labute approximate surface area is 116 Å². The number of hydrogen-bond donors (Lipinski definition) is 2. The van der Waals surface area contributed by atoms with E-state index in [0.717, 1.165) is 21.2 Å². The molecule has 1 aromatic carbocycles. The predicted octanol–water partition coefficient (Wildman–Crippen LogP) is 3.41. The lowest BCUT2D eigenvalue weighted by molar-refractivity contribution is 1.17. The van der Waals surface area contributed by atoms with Crippen molar-refractivity contribution in [2.45, 2.75) is 0 Å². The molecule has 0 atom stereocenters. The molecule has 2 N–H and O–H groups in total. The van der Waals surface area contributed by atoms with Gasteiger partial charge in [-0.15, -0.1) is 0 Å².